The number of rotatable bonds is 5. The lowest BCUT2D eigenvalue weighted by Gasteiger charge is -2.15. The minimum atomic E-state index is -0.561. The van der Waals surface area contributed by atoms with Crippen molar-refractivity contribution in [1.82, 2.24) is 14.8 Å². The third kappa shape index (κ3) is 3.44. The number of carbonyl (C=O) groups excluding carboxylic acids is 2. The predicted octanol–water partition coefficient (Wildman–Crippen LogP) is 0.723. The standard InChI is InChI=1S/C16H19N3O4/c20-14(17-8-7-15(21)18-9-3-4-10-18)11-19-12-5-1-2-6-13(12)23-16(19)22/h1-2,5-6H,3-4,7-11H2,(H,17,20). The molecule has 2 amide bonds. The lowest BCUT2D eigenvalue weighted by Crippen LogP contribution is -2.35. The molecule has 7 heteroatoms. The number of nitrogens with one attached hydrogen (secondary N) is 1. The summed E-state index contributed by atoms with van der Waals surface area (Å²) >= 11 is 0. The summed E-state index contributed by atoms with van der Waals surface area (Å²) in [6.07, 6.45) is 2.38. The van der Waals surface area contributed by atoms with E-state index in [9.17, 15) is 14.4 Å². The van der Waals surface area contributed by atoms with Gasteiger partial charge >= 0.3 is 5.76 Å². The molecule has 0 bridgehead atoms. The number of benzene rings is 1. The van der Waals surface area contributed by atoms with Gasteiger partial charge in [0.1, 0.15) is 6.54 Å². The number of fused-ring (bicyclic) bond motifs is 1. The van der Waals surface area contributed by atoms with E-state index in [0.717, 1.165) is 25.9 Å². The molecule has 1 aromatic heterocycles. The van der Waals surface area contributed by atoms with Gasteiger partial charge in [0.05, 0.1) is 5.52 Å². The molecule has 2 heterocycles. The zero-order valence-corrected chi connectivity index (χ0v) is 12.8. The van der Waals surface area contributed by atoms with Crippen LogP contribution in [0.2, 0.25) is 0 Å². The van der Waals surface area contributed by atoms with E-state index in [4.69, 9.17) is 4.42 Å². The van der Waals surface area contributed by atoms with Crippen molar-refractivity contribution >= 4 is 22.9 Å². The van der Waals surface area contributed by atoms with Crippen LogP contribution >= 0.6 is 0 Å². The minimum Gasteiger partial charge on any atom is -0.408 e. The van der Waals surface area contributed by atoms with Crippen LogP contribution in [0.3, 0.4) is 0 Å². The SMILES string of the molecule is O=C(Cn1c(=O)oc2ccccc21)NCCC(=O)N1CCCC1. The van der Waals surface area contributed by atoms with Crippen molar-refractivity contribution < 1.29 is 14.0 Å². The molecule has 122 valence electrons. The van der Waals surface area contributed by atoms with Crippen molar-refractivity contribution in [3.63, 3.8) is 0 Å². The maximum Gasteiger partial charge on any atom is 0.420 e. The molecule has 0 spiro atoms. The Hall–Kier alpha value is -2.57. The van der Waals surface area contributed by atoms with E-state index in [-0.39, 0.29) is 31.3 Å². The molecule has 0 atom stereocenters. The van der Waals surface area contributed by atoms with Crippen LogP contribution in [-0.4, -0.2) is 40.9 Å². The third-order valence-electron chi connectivity index (χ3n) is 4.00. The van der Waals surface area contributed by atoms with E-state index in [1.54, 1.807) is 24.3 Å². The fraction of sp³-hybridized carbons (Fsp3) is 0.438. The molecule has 1 fully saturated rings. The molecular formula is C16H19N3O4. The van der Waals surface area contributed by atoms with E-state index in [1.807, 2.05) is 4.90 Å². The van der Waals surface area contributed by atoms with Crippen molar-refractivity contribution in [3.8, 4) is 0 Å². The summed E-state index contributed by atoms with van der Waals surface area (Å²) in [5.74, 6) is -0.809. The largest absolute Gasteiger partial charge is 0.420 e. The fourth-order valence-corrected chi connectivity index (χ4v) is 2.80. The van der Waals surface area contributed by atoms with Crippen molar-refractivity contribution in [1.29, 1.82) is 0 Å². The Kier molecular flexibility index (Phi) is 4.45. The summed E-state index contributed by atoms with van der Waals surface area (Å²) in [7, 11) is 0. The number of amides is 2. The number of nitrogens with zero attached hydrogens (tertiary/aromatic N) is 2. The molecule has 0 radical (unpaired) electrons. The molecule has 0 aliphatic carbocycles. The molecule has 7 nitrogen and oxygen atoms in total. The van der Waals surface area contributed by atoms with Gasteiger partial charge in [0, 0.05) is 26.1 Å². The second kappa shape index (κ2) is 6.68. The normalized spacial score (nSPS) is 14.3. The minimum absolute atomic E-state index is 0.0636. The highest BCUT2D eigenvalue weighted by Gasteiger charge is 2.18. The highest BCUT2D eigenvalue weighted by Crippen LogP contribution is 2.11. The van der Waals surface area contributed by atoms with Crippen molar-refractivity contribution in [2.24, 2.45) is 0 Å². The summed E-state index contributed by atoms with van der Waals surface area (Å²) in [6, 6.07) is 6.95. The third-order valence-corrected chi connectivity index (χ3v) is 4.00. The Bertz CT molecular complexity index is 771. The van der Waals surface area contributed by atoms with E-state index < -0.39 is 5.76 Å². The Balaban J connectivity index is 1.53. The maximum absolute atomic E-state index is 12.0. The second-order valence-electron chi connectivity index (χ2n) is 5.61. The van der Waals surface area contributed by atoms with Gasteiger partial charge in [0.15, 0.2) is 5.58 Å². The molecule has 3 rings (SSSR count). The zero-order chi connectivity index (χ0) is 16.2. The molecule has 0 saturated carbocycles. The molecule has 23 heavy (non-hydrogen) atoms. The fourth-order valence-electron chi connectivity index (χ4n) is 2.80. The number of aromatic nitrogens is 1. The number of hydrogen-bond acceptors (Lipinski definition) is 4. The molecule has 2 aromatic rings. The quantitative estimate of drug-likeness (QED) is 0.881. The van der Waals surface area contributed by atoms with Gasteiger partial charge in [-0.1, -0.05) is 12.1 Å². The first-order valence-corrected chi connectivity index (χ1v) is 7.78. The first kappa shape index (κ1) is 15.3. The van der Waals surface area contributed by atoms with Gasteiger partial charge in [-0.3, -0.25) is 14.2 Å². The molecule has 1 saturated heterocycles. The van der Waals surface area contributed by atoms with Crippen LogP contribution in [0.5, 0.6) is 0 Å². The summed E-state index contributed by atoms with van der Waals surface area (Å²) < 4.78 is 6.36. The Labute approximate surface area is 132 Å². The Morgan fingerprint density at radius 1 is 1.17 bits per heavy atom. The van der Waals surface area contributed by atoms with Gasteiger partial charge in [-0.25, -0.2) is 4.79 Å². The van der Waals surface area contributed by atoms with Gasteiger partial charge in [0.2, 0.25) is 11.8 Å². The van der Waals surface area contributed by atoms with Crippen molar-refractivity contribution in [2.45, 2.75) is 25.8 Å². The number of oxazole rings is 1. The van der Waals surface area contributed by atoms with Crippen LogP contribution in [0.25, 0.3) is 11.1 Å². The summed E-state index contributed by atoms with van der Waals surface area (Å²) in [5.41, 5.74) is 1.04. The second-order valence-corrected chi connectivity index (χ2v) is 5.61. The van der Waals surface area contributed by atoms with Crippen LogP contribution in [0, 0.1) is 0 Å². The van der Waals surface area contributed by atoms with Crippen molar-refractivity contribution in [3.05, 3.63) is 34.8 Å². The van der Waals surface area contributed by atoms with Crippen LogP contribution in [0.15, 0.2) is 33.5 Å². The number of likely N-dealkylation sites (tertiary alicyclic amines) is 1. The average molecular weight is 317 g/mol. The molecule has 1 N–H and O–H groups in total. The predicted molar refractivity (Wildman–Crippen MR) is 83.9 cm³/mol. The lowest BCUT2D eigenvalue weighted by molar-refractivity contribution is -0.130. The van der Waals surface area contributed by atoms with E-state index in [2.05, 4.69) is 5.32 Å². The van der Waals surface area contributed by atoms with Crippen LogP contribution in [0.4, 0.5) is 0 Å². The molecule has 1 aliphatic rings. The average Bonchev–Trinajstić information content (AvgIpc) is 3.16. The number of hydrogen-bond donors (Lipinski definition) is 1. The topological polar surface area (TPSA) is 84.5 Å². The molecule has 1 aromatic carbocycles. The monoisotopic (exact) mass is 317 g/mol. The zero-order valence-electron chi connectivity index (χ0n) is 12.8. The first-order chi connectivity index (χ1) is 11.1. The summed E-state index contributed by atoms with van der Waals surface area (Å²) in [5, 5.41) is 2.68. The van der Waals surface area contributed by atoms with Crippen LogP contribution < -0.4 is 11.1 Å². The van der Waals surface area contributed by atoms with Gasteiger partial charge in [0.25, 0.3) is 0 Å². The number of para-hydroxylation sites is 2. The molecule has 1 aliphatic heterocycles. The number of carbonyl (C=O) groups is 2. The maximum atomic E-state index is 12.0. The molecular weight excluding hydrogens is 298 g/mol. The van der Waals surface area contributed by atoms with E-state index in [0.29, 0.717) is 11.1 Å². The Morgan fingerprint density at radius 3 is 2.70 bits per heavy atom. The van der Waals surface area contributed by atoms with Gasteiger partial charge in [-0.05, 0) is 25.0 Å². The van der Waals surface area contributed by atoms with E-state index in [1.165, 1.54) is 4.57 Å². The van der Waals surface area contributed by atoms with Gasteiger partial charge in [-0.15, -0.1) is 0 Å². The first-order valence-electron chi connectivity index (χ1n) is 7.78. The van der Waals surface area contributed by atoms with Crippen LogP contribution in [-0.2, 0) is 16.1 Å². The smallest absolute Gasteiger partial charge is 0.408 e. The summed E-state index contributed by atoms with van der Waals surface area (Å²) in [4.78, 5) is 37.5. The van der Waals surface area contributed by atoms with Gasteiger partial charge < -0.3 is 14.6 Å². The van der Waals surface area contributed by atoms with E-state index >= 15 is 0 Å². The highest BCUT2D eigenvalue weighted by atomic mass is 16.4. The van der Waals surface area contributed by atoms with Crippen molar-refractivity contribution in [2.75, 3.05) is 19.6 Å². The van der Waals surface area contributed by atoms with Gasteiger partial charge in [-0.2, -0.15) is 0 Å². The van der Waals surface area contributed by atoms with Crippen LogP contribution in [0.1, 0.15) is 19.3 Å². The molecule has 0 unspecified atom stereocenters. The summed E-state index contributed by atoms with van der Waals surface area (Å²) in [6.45, 7) is 1.78. The Morgan fingerprint density at radius 2 is 1.91 bits per heavy atom. The highest BCUT2D eigenvalue weighted by molar-refractivity contribution is 5.81. The lowest BCUT2D eigenvalue weighted by atomic mass is 10.3.